The van der Waals surface area contributed by atoms with Crippen LogP contribution in [0.2, 0.25) is 0 Å². The molecule has 0 aliphatic heterocycles. The van der Waals surface area contributed by atoms with E-state index in [1.807, 2.05) is 6.92 Å². The summed E-state index contributed by atoms with van der Waals surface area (Å²) in [5.41, 5.74) is 0. The van der Waals surface area contributed by atoms with Gasteiger partial charge in [-0.1, -0.05) is 38.2 Å². The standard InChI is InChI=1S/C13H18N4O3S3/c1-4-9-15-16-13(22-9)14-12(18)11(8(2)3)17-23(19,20)10-6-5-7-21-10/h5-8,11,17H,4H2,1-3H3,(H,14,16,18)/t11-/m0/s1. The Hall–Kier alpha value is -1.36. The predicted octanol–water partition coefficient (Wildman–Crippen LogP) is 2.10. The SMILES string of the molecule is CCc1nnc(NC(=O)[C@@H](NS(=O)(=O)c2cccs2)C(C)C)s1. The van der Waals surface area contributed by atoms with E-state index in [-0.39, 0.29) is 10.1 Å². The largest absolute Gasteiger partial charge is 0.299 e. The predicted molar refractivity (Wildman–Crippen MR) is 91.2 cm³/mol. The molecule has 2 N–H and O–H groups in total. The number of rotatable bonds is 7. The Labute approximate surface area is 143 Å². The van der Waals surface area contributed by atoms with Crippen molar-refractivity contribution in [2.24, 2.45) is 5.92 Å². The summed E-state index contributed by atoms with van der Waals surface area (Å²) in [5.74, 6) is -0.665. The molecule has 7 nitrogen and oxygen atoms in total. The van der Waals surface area contributed by atoms with Crippen LogP contribution < -0.4 is 10.0 Å². The first-order valence-electron chi connectivity index (χ1n) is 7.02. The summed E-state index contributed by atoms with van der Waals surface area (Å²) in [5, 5.41) is 13.3. The lowest BCUT2D eigenvalue weighted by Crippen LogP contribution is -2.46. The molecule has 0 aliphatic carbocycles. The minimum absolute atomic E-state index is 0.181. The lowest BCUT2D eigenvalue weighted by Gasteiger charge is -2.20. The van der Waals surface area contributed by atoms with Crippen molar-refractivity contribution in [3.63, 3.8) is 0 Å². The Kier molecular flexibility index (Phi) is 5.84. The minimum atomic E-state index is -3.72. The van der Waals surface area contributed by atoms with Crippen LogP contribution in [0.3, 0.4) is 0 Å². The van der Waals surface area contributed by atoms with Crippen molar-refractivity contribution in [3.05, 3.63) is 22.5 Å². The Balaban J connectivity index is 2.13. The average Bonchev–Trinajstić information content (AvgIpc) is 3.15. The molecule has 2 heterocycles. The molecule has 0 aliphatic rings. The van der Waals surface area contributed by atoms with Crippen LogP contribution in [0.25, 0.3) is 0 Å². The summed E-state index contributed by atoms with van der Waals surface area (Å²) in [6.07, 6.45) is 0.728. The third-order valence-electron chi connectivity index (χ3n) is 2.99. The van der Waals surface area contributed by atoms with Gasteiger partial charge in [0.05, 0.1) is 0 Å². The number of aromatic nitrogens is 2. The van der Waals surface area contributed by atoms with E-state index < -0.39 is 22.0 Å². The van der Waals surface area contributed by atoms with Crippen molar-refractivity contribution >= 4 is 43.7 Å². The summed E-state index contributed by atoms with van der Waals surface area (Å²) in [4.78, 5) is 12.4. The molecule has 0 spiro atoms. The van der Waals surface area contributed by atoms with Crippen LogP contribution in [0, 0.1) is 5.92 Å². The molecule has 1 atom stereocenters. The molecule has 0 fully saturated rings. The number of anilines is 1. The lowest BCUT2D eigenvalue weighted by atomic mass is 10.1. The molecule has 0 saturated carbocycles. The number of carbonyl (C=O) groups excluding carboxylic acids is 1. The third-order valence-corrected chi connectivity index (χ3v) is 6.81. The fourth-order valence-corrected chi connectivity index (χ4v) is 4.80. The normalized spacial score (nSPS) is 13.2. The van der Waals surface area contributed by atoms with Crippen molar-refractivity contribution in [3.8, 4) is 0 Å². The van der Waals surface area contributed by atoms with E-state index in [4.69, 9.17) is 0 Å². The van der Waals surface area contributed by atoms with Gasteiger partial charge < -0.3 is 0 Å². The van der Waals surface area contributed by atoms with E-state index in [9.17, 15) is 13.2 Å². The third kappa shape index (κ3) is 4.56. The maximum atomic E-state index is 12.4. The maximum absolute atomic E-state index is 12.4. The summed E-state index contributed by atoms with van der Waals surface area (Å²) in [7, 11) is -3.72. The van der Waals surface area contributed by atoms with Crippen LogP contribution in [0.15, 0.2) is 21.7 Å². The topological polar surface area (TPSA) is 101 Å². The molecular formula is C13H18N4O3S3. The van der Waals surface area contributed by atoms with E-state index in [1.165, 1.54) is 17.4 Å². The highest BCUT2D eigenvalue weighted by Crippen LogP contribution is 2.19. The van der Waals surface area contributed by atoms with E-state index in [1.54, 1.807) is 25.3 Å². The quantitative estimate of drug-likeness (QED) is 0.773. The highest BCUT2D eigenvalue weighted by atomic mass is 32.2. The molecule has 126 valence electrons. The highest BCUT2D eigenvalue weighted by molar-refractivity contribution is 7.91. The monoisotopic (exact) mass is 374 g/mol. The number of hydrogen-bond donors (Lipinski definition) is 2. The van der Waals surface area contributed by atoms with Gasteiger partial charge in [0, 0.05) is 0 Å². The van der Waals surface area contributed by atoms with E-state index >= 15 is 0 Å². The molecule has 0 saturated heterocycles. The molecule has 1 amide bonds. The van der Waals surface area contributed by atoms with Crippen molar-refractivity contribution in [1.29, 1.82) is 0 Å². The van der Waals surface area contributed by atoms with Gasteiger partial charge in [-0.25, -0.2) is 8.42 Å². The molecule has 2 aromatic heterocycles. The van der Waals surface area contributed by atoms with Gasteiger partial charge in [-0.2, -0.15) is 4.72 Å². The number of hydrogen-bond acceptors (Lipinski definition) is 7. The fourth-order valence-electron chi connectivity index (χ4n) is 1.76. The number of nitrogens with zero attached hydrogens (tertiary/aromatic N) is 2. The number of thiophene rings is 1. The second kappa shape index (κ2) is 7.47. The zero-order valence-electron chi connectivity index (χ0n) is 12.9. The number of amides is 1. The van der Waals surface area contributed by atoms with Gasteiger partial charge in [0.1, 0.15) is 15.3 Å². The molecule has 23 heavy (non-hydrogen) atoms. The Morgan fingerprint density at radius 2 is 2.09 bits per heavy atom. The first-order valence-corrected chi connectivity index (χ1v) is 10.2. The van der Waals surface area contributed by atoms with E-state index in [0.29, 0.717) is 5.13 Å². The van der Waals surface area contributed by atoms with Crippen molar-refractivity contribution in [1.82, 2.24) is 14.9 Å². The van der Waals surface area contributed by atoms with Gasteiger partial charge in [0.2, 0.25) is 11.0 Å². The Bertz CT molecular complexity index is 753. The van der Waals surface area contributed by atoms with Gasteiger partial charge in [-0.05, 0) is 23.8 Å². The second-order valence-corrected chi connectivity index (χ2v) is 9.07. The van der Waals surface area contributed by atoms with Crippen LogP contribution in [-0.2, 0) is 21.2 Å². The summed E-state index contributed by atoms with van der Waals surface area (Å²) in [6, 6.07) is 2.26. The maximum Gasteiger partial charge on any atom is 0.250 e. The van der Waals surface area contributed by atoms with Crippen LogP contribution in [0.1, 0.15) is 25.8 Å². The summed E-state index contributed by atoms with van der Waals surface area (Å²) in [6.45, 7) is 5.50. The molecule has 0 bridgehead atoms. The van der Waals surface area contributed by atoms with Gasteiger partial charge in [-0.15, -0.1) is 21.5 Å². The first kappa shape index (κ1) is 18.0. The van der Waals surface area contributed by atoms with Crippen molar-refractivity contribution < 1.29 is 13.2 Å². The van der Waals surface area contributed by atoms with Gasteiger partial charge in [0.25, 0.3) is 10.0 Å². The van der Waals surface area contributed by atoms with Crippen molar-refractivity contribution in [2.45, 2.75) is 37.4 Å². The molecule has 10 heteroatoms. The Morgan fingerprint density at radius 1 is 1.35 bits per heavy atom. The second-order valence-electron chi connectivity index (χ2n) is 5.12. The smallest absolute Gasteiger partial charge is 0.250 e. The molecule has 2 aromatic rings. The van der Waals surface area contributed by atoms with Crippen molar-refractivity contribution in [2.75, 3.05) is 5.32 Å². The Morgan fingerprint density at radius 3 is 2.61 bits per heavy atom. The number of carbonyl (C=O) groups is 1. The van der Waals surface area contributed by atoms with Crippen LogP contribution in [0.5, 0.6) is 0 Å². The summed E-state index contributed by atoms with van der Waals surface area (Å²) < 4.78 is 27.3. The molecule has 0 radical (unpaired) electrons. The zero-order valence-corrected chi connectivity index (χ0v) is 15.4. The molecular weight excluding hydrogens is 356 g/mol. The zero-order chi connectivity index (χ0) is 17.0. The molecule has 0 unspecified atom stereocenters. The van der Waals surface area contributed by atoms with Crippen LogP contribution >= 0.6 is 22.7 Å². The van der Waals surface area contributed by atoms with Gasteiger partial charge in [0.15, 0.2) is 0 Å². The minimum Gasteiger partial charge on any atom is -0.299 e. The molecule has 0 aromatic carbocycles. The molecule has 2 rings (SSSR count). The van der Waals surface area contributed by atoms with E-state index in [0.717, 1.165) is 22.8 Å². The van der Waals surface area contributed by atoms with Gasteiger partial charge >= 0.3 is 0 Å². The van der Waals surface area contributed by atoms with E-state index in [2.05, 4.69) is 20.2 Å². The fraction of sp³-hybridized carbons (Fsp3) is 0.462. The first-order chi connectivity index (χ1) is 10.8. The van der Waals surface area contributed by atoms with Crippen LogP contribution in [0.4, 0.5) is 5.13 Å². The highest BCUT2D eigenvalue weighted by Gasteiger charge is 2.29. The lowest BCUT2D eigenvalue weighted by molar-refractivity contribution is -0.118. The average molecular weight is 375 g/mol. The summed E-state index contributed by atoms with van der Waals surface area (Å²) >= 11 is 2.38. The van der Waals surface area contributed by atoms with Crippen LogP contribution in [-0.4, -0.2) is 30.6 Å². The number of aryl methyl sites for hydroxylation is 1. The number of sulfonamides is 1. The number of nitrogens with one attached hydrogen (secondary N) is 2. The van der Waals surface area contributed by atoms with Gasteiger partial charge in [-0.3, -0.25) is 10.1 Å².